The molecule has 8 heteroatoms. The lowest BCUT2D eigenvalue weighted by Gasteiger charge is -2.27. The normalized spacial score (nSPS) is 13.1. The number of hydrogen-bond acceptors (Lipinski definition) is 6. The summed E-state index contributed by atoms with van der Waals surface area (Å²) < 4.78 is 0. The Labute approximate surface area is 91.9 Å². The van der Waals surface area contributed by atoms with E-state index in [0.717, 1.165) is 4.90 Å². The number of nitrogens with zero attached hydrogens (tertiary/aromatic N) is 1. The Balaban J connectivity index is 4.64. The first kappa shape index (κ1) is 14.8. The van der Waals surface area contributed by atoms with Crippen LogP contribution >= 0.6 is 0 Å². The average Bonchev–Trinajstić information content (AvgIpc) is 2.12. The molecule has 0 heterocycles. The molecule has 0 aromatic carbocycles. The fourth-order valence-corrected chi connectivity index (χ4v) is 1.29. The summed E-state index contributed by atoms with van der Waals surface area (Å²) in [5, 5.41) is 34.9. The molecule has 94 valence electrons. The van der Waals surface area contributed by atoms with Gasteiger partial charge in [-0.05, 0) is 0 Å². The quantitative estimate of drug-likeness (QED) is 0.290. The van der Waals surface area contributed by atoms with Crippen molar-refractivity contribution in [1.29, 1.82) is 0 Å². The Hall–Kier alpha value is -1.22. The van der Waals surface area contributed by atoms with Crippen LogP contribution in [-0.4, -0.2) is 69.2 Å². The highest BCUT2D eigenvalue weighted by atomic mass is 16.5. The predicted octanol–water partition coefficient (Wildman–Crippen LogP) is -2.51. The van der Waals surface area contributed by atoms with Crippen LogP contribution < -0.4 is 5.73 Å². The molecule has 6 N–H and O–H groups in total. The number of nitrogens with two attached hydrogens (primary N) is 1. The molecule has 0 amide bonds. The summed E-state index contributed by atoms with van der Waals surface area (Å²) in [5.74, 6) is -2.61. The lowest BCUT2D eigenvalue weighted by Crippen LogP contribution is -2.48. The van der Waals surface area contributed by atoms with E-state index in [2.05, 4.69) is 0 Å². The topological polar surface area (TPSA) is 144 Å². The molecule has 0 aliphatic rings. The zero-order valence-corrected chi connectivity index (χ0v) is 8.61. The standard InChI is InChI=1S/C8H16N2O6/c9-1-2-10(4-7(13)14)5(8(15)16)3-6(11)12/h5,7,13-14H,1-4,9H2,(H,11,12)(H,15,16). The Morgan fingerprint density at radius 1 is 1.25 bits per heavy atom. The molecule has 0 aliphatic carbocycles. The van der Waals surface area contributed by atoms with Crippen LogP contribution in [0.4, 0.5) is 0 Å². The summed E-state index contributed by atoms with van der Waals surface area (Å²) in [7, 11) is 0. The molecule has 0 rings (SSSR count). The second-order valence-corrected chi connectivity index (χ2v) is 3.22. The Morgan fingerprint density at radius 3 is 2.12 bits per heavy atom. The minimum Gasteiger partial charge on any atom is -0.481 e. The van der Waals surface area contributed by atoms with E-state index in [-0.39, 0.29) is 19.6 Å². The molecule has 1 unspecified atom stereocenters. The van der Waals surface area contributed by atoms with Crippen molar-refractivity contribution in [3.63, 3.8) is 0 Å². The highest BCUT2D eigenvalue weighted by Gasteiger charge is 2.28. The molecule has 0 radical (unpaired) electrons. The van der Waals surface area contributed by atoms with E-state index in [1.54, 1.807) is 0 Å². The second kappa shape index (κ2) is 7.12. The van der Waals surface area contributed by atoms with E-state index >= 15 is 0 Å². The first-order valence-corrected chi connectivity index (χ1v) is 4.63. The Kier molecular flexibility index (Phi) is 6.58. The maximum atomic E-state index is 10.8. The third-order valence-electron chi connectivity index (χ3n) is 1.91. The number of aliphatic hydroxyl groups excluding tert-OH is 1. The van der Waals surface area contributed by atoms with Crippen molar-refractivity contribution in [3.05, 3.63) is 0 Å². The molecule has 0 bridgehead atoms. The largest absolute Gasteiger partial charge is 0.481 e. The predicted molar refractivity (Wildman–Crippen MR) is 52.5 cm³/mol. The van der Waals surface area contributed by atoms with Crippen LogP contribution in [0.2, 0.25) is 0 Å². The molecule has 8 nitrogen and oxygen atoms in total. The van der Waals surface area contributed by atoms with Crippen LogP contribution in [0.1, 0.15) is 6.42 Å². The van der Waals surface area contributed by atoms with Gasteiger partial charge in [0.15, 0.2) is 6.29 Å². The summed E-state index contributed by atoms with van der Waals surface area (Å²) in [6.07, 6.45) is -2.36. The van der Waals surface area contributed by atoms with Crippen molar-refractivity contribution in [2.24, 2.45) is 5.73 Å². The van der Waals surface area contributed by atoms with Crippen LogP contribution in [-0.2, 0) is 9.59 Å². The minimum absolute atomic E-state index is 0.0713. The van der Waals surface area contributed by atoms with E-state index in [9.17, 15) is 9.59 Å². The number of rotatable bonds is 8. The molecule has 0 saturated heterocycles. The zero-order chi connectivity index (χ0) is 12.7. The van der Waals surface area contributed by atoms with Crippen LogP contribution in [0.3, 0.4) is 0 Å². The molecule has 0 aromatic rings. The van der Waals surface area contributed by atoms with Gasteiger partial charge in [0.2, 0.25) is 0 Å². The van der Waals surface area contributed by atoms with Gasteiger partial charge in [-0.3, -0.25) is 14.5 Å². The van der Waals surface area contributed by atoms with Gasteiger partial charge in [0.1, 0.15) is 6.04 Å². The van der Waals surface area contributed by atoms with Gasteiger partial charge in [0.05, 0.1) is 6.42 Å². The Morgan fingerprint density at radius 2 is 1.81 bits per heavy atom. The minimum atomic E-state index is -1.73. The molecule has 0 aliphatic heterocycles. The number of carbonyl (C=O) groups is 2. The van der Waals surface area contributed by atoms with Crippen LogP contribution in [0.15, 0.2) is 0 Å². The molecule has 0 aromatic heterocycles. The summed E-state index contributed by atoms with van der Waals surface area (Å²) in [6.45, 7) is -0.195. The number of carboxylic acid groups (broad SMARTS) is 2. The molecule has 1 atom stereocenters. The summed E-state index contributed by atoms with van der Waals surface area (Å²) in [4.78, 5) is 22.4. The van der Waals surface area contributed by atoms with Crippen molar-refractivity contribution in [1.82, 2.24) is 4.90 Å². The smallest absolute Gasteiger partial charge is 0.321 e. The van der Waals surface area contributed by atoms with Crippen molar-refractivity contribution in [2.45, 2.75) is 18.8 Å². The van der Waals surface area contributed by atoms with Gasteiger partial charge in [-0.2, -0.15) is 0 Å². The molecule has 0 saturated carbocycles. The molecule has 0 fully saturated rings. The van der Waals surface area contributed by atoms with E-state index in [0.29, 0.717) is 0 Å². The van der Waals surface area contributed by atoms with Crippen LogP contribution in [0, 0.1) is 0 Å². The van der Waals surface area contributed by atoms with Gasteiger partial charge >= 0.3 is 11.9 Å². The monoisotopic (exact) mass is 236 g/mol. The highest BCUT2D eigenvalue weighted by Crippen LogP contribution is 2.05. The lowest BCUT2D eigenvalue weighted by molar-refractivity contribution is -0.152. The SMILES string of the molecule is NCCN(CC(O)O)C(CC(=O)O)C(=O)O. The van der Waals surface area contributed by atoms with Gasteiger partial charge < -0.3 is 26.2 Å². The fourth-order valence-electron chi connectivity index (χ4n) is 1.29. The molecule has 16 heavy (non-hydrogen) atoms. The fraction of sp³-hybridized carbons (Fsp3) is 0.750. The first-order valence-electron chi connectivity index (χ1n) is 4.63. The third-order valence-corrected chi connectivity index (χ3v) is 1.91. The van der Waals surface area contributed by atoms with Gasteiger partial charge in [0, 0.05) is 19.6 Å². The maximum Gasteiger partial charge on any atom is 0.321 e. The zero-order valence-electron chi connectivity index (χ0n) is 8.61. The maximum absolute atomic E-state index is 10.8. The number of hydrogen-bond donors (Lipinski definition) is 5. The van der Waals surface area contributed by atoms with Crippen molar-refractivity contribution in [2.75, 3.05) is 19.6 Å². The Bertz CT molecular complexity index is 245. The van der Waals surface area contributed by atoms with Gasteiger partial charge in [0.25, 0.3) is 0 Å². The lowest BCUT2D eigenvalue weighted by atomic mass is 10.1. The number of aliphatic carboxylic acids is 2. The number of carboxylic acids is 2. The van der Waals surface area contributed by atoms with Crippen molar-refractivity contribution >= 4 is 11.9 Å². The third kappa shape index (κ3) is 5.61. The summed E-state index contributed by atoms with van der Waals surface area (Å²) in [5.41, 5.74) is 5.23. The highest BCUT2D eigenvalue weighted by molar-refractivity contribution is 5.80. The van der Waals surface area contributed by atoms with Crippen molar-refractivity contribution in [3.8, 4) is 0 Å². The van der Waals surface area contributed by atoms with E-state index < -0.39 is 30.7 Å². The first-order chi connectivity index (χ1) is 7.38. The second-order valence-electron chi connectivity index (χ2n) is 3.22. The molecular formula is C8H16N2O6. The van der Waals surface area contributed by atoms with E-state index in [1.807, 2.05) is 0 Å². The van der Waals surface area contributed by atoms with E-state index in [1.165, 1.54) is 0 Å². The average molecular weight is 236 g/mol. The van der Waals surface area contributed by atoms with Gasteiger partial charge in [-0.25, -0.2) is 0 Å². The summed E-state index contributed by atoms with van der Waals surface area (Å²) in [6, 6.07) is -1.32. The molecular weight excluding hydrogens is 220 g/mol. The van der Waals surface area contributed by atoms with Gasteiger partial charge in [-0.1, -0.05) is 0 Å². The number of aliphatic hydroxyl groups is 2. The molecule has 0 spiro atoms. The van der Waals surface area contributed by atoms with E-state index in [4.69, 9.17) is 26.2 Å². The van der Waals surface area contributed by atoms with Crippen LogP contribution in [0.25, 0.3) is 0 Å². The summed E-state index contributed by atoms with van der Waals surface area (Å²) >= 11 is 0. The van der Waals surface area contributed by atoms with Crippen molar-refractivity contribution < 1.29 is 30.0 Å². The van der Waals surface area contributed by atoms with Crippen LogP contribution in [0.5, 0.6) is 0 Å². The van der Waals surface area contributed by atoms with Gasteiger partial charge in [-0.15, -0.1) is 0 Å².